The van der Waals surface area contributed by atoms with Crippen molar-refractivity contribution < 1.29 is 22.7 Å². The number of aromatic amines is 1. The second-order valence-electron chi connectivity index (χ2n) is 5.07. The Kier molecular flexibility index (Phi) is 3.62. The van der Waals surface area contributed by atoms with Gasteiger partial charge in [-0.1, -0.05) is 6.07 Å². The zero-order valence-corrected chi connectivity index (χ0v) is 12.0. The molecule has 0 fully saturated rings. The first-order valence-electron chi connectivity index (χ1n) is 6.68. The van der Waals surface area contributed by atoms with Crippen molar-refractivity contribution in [3.05, 3.63) is 23.8 Å². The molecule has 1 aliphatic heterocycles. The first-order valence-corrected chi connectivity index (χ1v) is 6.68. The molecule has 2 heterocycles. The highest BCUT2D eigenvalue weighted by Gasteiger charge is 2.46. The number of H-pyrrole nitrogens is 1. The highest BCUT2D eigenvalue weighted by Crippen LogP contribution is 2.45. The van der Waals surface area contributed by atoms with Gasteiger partial charge in [0.25, 0.3) is 0 Å². The lowest BCUT2D eigenvalue weighted by Crippen LogP contribution is -2.29. The number of alkyl halides is 3. The lowest BCUT2D eigenvalue weighted by Gasteiger charge is -2.26. The van der Waals surface area contributed by atoms with E-state index in [9.17, 15) is 18.0 Å². The van der Waals surface area contributed by atoms with E-state index in [1.807, 2.05) is 0 Å². The monoisotopic (exact) mass is 340 g/mol. The van der Waals surface area contributed by atoms with Crippen molar-refractivity contribution in [2.24, 2.45) is 10.2 Å². The number of ether oxygens (including phenoxy) is 1. The average molecular weight is 340 g/mol. The van der Waals surface area contributed by atoms with Gasteiger partial charge in [-0.15, -0.1) is 5.11 Å². The predicted molar refractivity (Wildman–Crippen MR) is 77.1 cm³/mol. The Hall–Kier alpha value is -3.11. The minimum atomic E-state index is -4.54. The second kappa shape index (κ2) is 5.51. The molecule has 0 amide bonds. The maximum atomic E-state index is 13.0. The first kappa shape index (κ1) is 15.8. The van der Waals surface area contributed by atoms with Gasteiger partial charge in [0.2, 0.25) is 0 Å². The highest BCUT2D eigenvalue weighted by atomic mass is 19.4. The number of azo groups is 1. The lowest BCUT2D eigenvalue weighted by atomic mass is 9.92. The Bertz CT molecular complexity index is 810. The van der Waals surface area contributed by atoms with Gasteiger partial charge in [0.1, 0.15) is 11.6 Å². The standard InChI is InChI=1S/C13H11F3N6O2/c14-13(15,16)7-4-9(23)24-8-3-5(1-2-6(7)8)19-20-10-11(17)21-22-12(10)18/h1-3,7H,4H2,(H5,17,18,21,22). The van der Waals surface area contributed by atoms with Crippen molar-refractivity contribution in [1.82, 2.24) is 10.2 Å². The second-order valence-corrected chi connectivity index (χ2v) is 5.07. The molecule has 2 aromatic rings. The molecule has 126 valence electrons. The summed E-state index contributed by atoms with van der Waals surface area (Å²) >= 11 is 0. The molecule has 1 aliphatic rings. The maximum absolute atomic E-state index is 13.0. The zero-order valence-electron chi connectivity index (χ0n) is 12.0. The number of nitrogens with zero attached hydrogens (tertiary/aromatic N) is 3. The lowest BCUT2D eigenvalue weighted by molar-refractivity contribution is -0.165. The molecule has 1 aromatic carbocycles. The molecule has 1 unspecified atom stereocenters. The minimum absolute atomic E-state index is 0.0257. The molecule has 0 saturated carbocycles. The molecular formula is C13H11F3N6O2. The van der Waals surface area contributed by atoms with Gasteiger partial charge in [-0.2, -0.15) is 23.4 Å². The first-order chi connectivity index (χ1) is 11.3. The summed E-state index contributed by atoms with van der Waals surface area (Å²) in [7, 11) is 0. The van der Waals surface area contributed by atoms with E-state index in [0.29, 0.717) is 0 Å². The molecule has 1 atom stereocenters. The van der Waals surface area contributed by atoms with Crippen LogP contribution in [0.3, 0.4) is 0 Å². The SMILES string of the molecule is Nc1n[nH]c(N)c1N=Nc1ccc2c(c1)OC(=O)CC2C(F)(F)F. The van der Waals surface area contributed by atoms with Crippen molar-refractivity contribution in [2.75, 3.05) is 11.5 Å². The largest absolute Gasteiger partial charge is 0.426 e. The van der Waals surface area contributed by atoms with E-state index in [0.717, 1.165) is 0 Å². The number of rotatable bonds is 2. The number of nitrogens with two attached hydrogens (primary N) is 2. The van der Waals surface area contributed by atoms with Crippen molar-refractivity contribution in [3.8, 4) is 5.75 Å². The highest BCUT2D eigenvalue weighted by molar-refractivity contribution is 5.77. The Morgan fingerprint density at radius 1 is 1.29 bits per heavy atom. The molecule has 0 spiro atoms. The van der Waals surface area contributed by atoms with Gasteiger partial charge < -0.3 is 16.2 Å². The number of aromatic nitrogens is 2. The topological polar surface area (TPSA) is 132 Å². The van der Waals surface area contributed by atoms with E-state index in [2.05, 4.69) is 20.4 Å². The molecule has 5 N–H and O–H groups in total. The molecule has 0 saturated heterocycles. The third kappa shape index (κ3) is 2.87. The van der Waals surface area contributed by atoms with Gasteiger partial charge >= 0.3 is 12.1 Å². The number of fused-ring (bicyclic) bond motifs is 1. The summed E-state index contributed by atoms with van der Waals surface area (Å²) in [6, 6.07) is 3.73. The average Bonchev–Trinajstić information content (AvgIpc) is 2.82. The fraction of sp³-hybridized carbons (Fsp3) is 0.231. The molecule has 3 rings (SSSR count). The number of halogens is 3. The molecule has 0 radical (unpaired) electrons. The molecule has 0 aliphatic carbocycles. The fourth-order valence-electron chi connectivity index (χ4n) is 2.27. The summed E-state index contributed by atoms with van der Waals surface area (Å²) in [5, 5.41) is 13.6. The van der Waals surface area contributed by atoms with Crippen molar-refractivity contribution in [2.45, 2.75) is 18.5 Å². The predicted octanol–water partition coefficient (Wildman–Crippen LogP) is 2.94. The quantitative estimate of drug-likeness (QED) is 0.439. The number of esters is 1. The number of anilines is 2. The van der Waals surface area contributed by atoms with E-state index >= 15 is 0 Å². The maximum Gasteiger partial charge on any atom is 0.396 e. The number of hydrogen-bond acceptors (Lipinski definition) is 7. The number of hydrogen-bond donors (Lipinski definition) is 3. The summed E-state index contributed by atoms with van der Waals surface area (Å²) in [5.74, 6) is -2.93. The number of nitrogens with one attached hydrogen (secondary N) is 1. The zero-order chi connectivity index (χ0) is 17.5. The van der Waals surface area contributed by atoms with E-state index < -0.39 is 24.5 Å². The number of carbonyl (C=O) groups is 1. The number of carbonyl (C=O) groups excluding carboxylic acids is 1. The van der Waals surface area contributed by atoms with Crippen LogP contribution in [-0.4, -0.2) is 22.3 Å². The van der Waals surface area contributed by atoms with Crippen LogP contribution >= 0.6 is 0 Å². The molecular weight excluding hydrogens is 329 g/mol. The van der Waals surface area contributed by atoms with Crippen LogP contribution in [0.1, 0.15) is 17.9 Å². The van der Waals surface area contributed by atoms with Crippen LogP contribution < -0.4 is 16.2 Å². The van der Waals surface area contributed by atoms with Crippen LogP contribution in [0, 0.1) is 0 Å². The van der Waals surface area contributed by atoms with Crippen molar-refractivity contribution in [1.29, 1.82) is 0 Å². The van der Waals surface area contributed by atoms with Gasteiger partial charge in [0.05, 0.1) is 18.0 Å². The number of nitrogen functional groups attached to an aromatic ring is 2. The molecule has 11 heteroatoms. The van der Waals surface area contributed by atoms with Crippen molar-refractivity contribution >= 4 is 29.0 Å². The summed E-state index contributed by atoms with van der Waals surface area (Å²) in [5.41, 5.74) is 11.2. The summed E-state index contributed by atoms with van der Waals surface area (Å²) in [4.78, 5) is 11.4. The molecule has 8 nitrogen and oxygen atoms in total. The van der Waals surface area contributed by atoms with Crippen LogP contribution in [0.2, 0.25) is 0 Å². The van der Waals surface area contributed by atoms with Gasteiger partial charge in [0, 0.05) is 11.6 Å². The summed E-state index contributed by atoms with van der Waals surface area (Å²) in [6.07, 6.45) is -5.30. The third-order valence-corrected chi connectivity index (χ3v) is 3.42. The van der Waals surface area contributed by atoms with Crippen LogP contribution in [0.25, 0.3) is 0 Å². The Labute approximate surface area is 132 Å². The Morgan fingerprint density at radius 2 is 2.04 bits per heavy atom. The van der Waals surface area contributed by atoms with Crippen LogP contribution in [0.5, 0.6) is 5.75 Å². The van der Waals surface area contributed by atoms with Gasteiger partial charge in [-0.3, -0.25) is 9.89 Å². The summed E-state index contributed by atoms with van der Waals surface area (Å²) < 4.78 is 44.0. The summed E-state index contributed by atoms with van der Waals surface area (Å²) in [6.45, 7) is 0. The Morgan fingerprint density at radius 3 is 2.67 bits per heavy atom. The van der Waals surface area contributed by atoms with E-state index in [1.165, 1.54) is 18.2 Å². The van der Waals surface area contributed by atoms with Crippen LogP contribution in [-0.2, 0) is 4.79 Å². The third-order valence-electron chi connectivity index (χ3n) is 3.42. The van der Waals surface area contributed by atoms with Gasteiger partial charge in [-0.25, -0.2) is 0 Å². The van der Waals surface area contributed by atoms with Gasteiger partial charge in [-0.05, 0) is 6.07 Å². The van der Waals surface area contributed by atoms with E-state index in [1.54, 1.807) is 0 Å². The van der Waals surface area contributed by atoms with E-state index in [4.69, 9.17) is 16.2 Å². The smallest absolute Gasteiger partial charge is 0.396 e. The molecule has 24 heavy (non-hydrogen) atoms. The van der Waals surface area contributed by atoms with Gasteiger partial charge in [0.15, 0.2) is 11.5 Å². The fourth-order valence-corrected chi connectivity index (χ4v) is 2.27. The molecule has 1 aromatic heterocycles. The molecule has 0 bridgehead atoms. The Balaban J connectivity index is 1.94. The van der Waals surface area contributed by atoms with Crippen LogP contribution in [0.4, 0.5) is 36.2 Å². The normalized spacial score (nSPS) is 17.8. The minimum Gasteiger partial charge on any atom is -0.426 e. The van der Waals surface area contributed by atoms with Crippen LogP contribution in [0.15, 0.2) is 28.4 Å². The van der Waals surface area contributed by atoms with Crippen molar-refractivity contribution in [3.63, 3.8) is 0 Å². The number of benzene rings is 1. The van der Waals surface area contributed by atoms with E-state index in [-0.39, 0.29) is 34.3 Å².